The van der Waals surface area contributed by atoms with Crippen molar-refractivity contribution in [1.29, 1.82) is 0 Å². The predicted molar refractivity (Wildman–Crippen MR) is 201 cm³/mol. The molecule has 2 aliphatic heterocycles. The largest absolute Gasteiger partial charge is 0.471 e. The van der Waals surface area contributed by atoms with Crippen LogP contribution in [-0.2, 0) is 39.8 Å². The maximum absolute atomic E-state index is 16.1. The third-order valence-corrected chi connectivity index (χ3v) is 14.1. The highest BCUT2D eigenvalue weighted by Gasteiger charge is 2.63. The highest BCUT2D eigenvalue weighted by molar-refractivity contribution is 7.91. The van der Waals surface area contributed by atoms with E-state index in [9.17, 15) is 27.6 Å². The molecule has 2 aromatic rings. The van der Waals surface area contributed by atoms with Gasteiger partial charge in [0.2, 0.25) is 27.7 Å². The van der Waals surface area contributed by atoms with Crippen LogP contribution in [0.5, 0.6) is 5.88 Å². The molecule has 3 aliphatic carbocycles. The van der Waals surface area contributed by atoms with Crippen LogP contribution in [0, 0.1) is 11.3 Å². The van der Waals surface area contributed by atoms with Gasteiger partial charge >= 0.3 is 12.0 Å². The first kappa shape index (κ1) is 40.7. The van der Waals surface area contributed by atoms with Gasteiger partial charge in [-0.25, -0.2) is 23.2 Å². The normalized spacial score (nSPS) is 31.1. The van der Waals surface area contributed by atoms with Gasteiger partial charge in [0.05, 0.1) is 35.0 Å². The smallest absolute Gasteiger partial charge is 0.408 e. The Labute approximate surface area is 330 Å². The van der Waals surface area contributed by atoms with Crippen LogP contribution in [0.2, 0.25) is 0 Å². The highest BCUT2D eigenvalue weighted by Crippen LogP contribution is 2.48. The fraction of sp³-hybridized carbons (Fsp3) is 0.641. The van der Waals surface area contributed by atoms with Crippen LogP contribution in [0.1, 0.15) is 91.7 Å². The Hall–Kier alpha value is -4.45. The van der Waals surface area contributed by atoms with Crippen LogP contribution in [-0.4, -0.2) is 101 Å². The van der Waals surface area contributed by atoms with Gasteiger partial charge in [-0.05, 0) is 75.0 Å². The Morgan fingerprint density at radius 1 is 1.05 bits per heavy atom. The van der Waals surface area contributed by atoms with Gasteiger partial charge in [0, 0.05) is 6.42 Å². The van der Waals surface area contributed by atoms with Crippen molar-refractivity contribution in [2.75, 3.05) is 13.2 Å². The number of hydrogen-bond donors (Lipinski definition) is 3. The van der Waals surface area contributed by atoms with Gasteiger partial charge in [-0.15, -0.1) is 0 Å². The number of aromatic nitrogens is 2. The number of alkyl halides is 2. The number of rotatable bonds is 6. The number of ether oxygens (including phenoxy) is 3. The van der Waals surface area contributed by atoms with E-state index in [2.05, 4.69) is 25.3 Å². The van der Waals surface area contributed by atoms with E-state index in [0.29, 0.717) is 44.6 Å². The minimum atomic E-state index is -4.04. The summed E-state index contributed by atoms with van der Waals surface area (Å²) in [4.78, 5) is 66.1. The lowest BCUT2D eigenvalue weighted by atomic mass is 9.85. The van der Waals surface area contributed by atoms with E-state index >= 15 is 8.78 Å². The summed E-state index contributed by atoms with van der Waals surface area (Å²) in [6, 6.07) is 3.86. The SMILES string of the molecule is CCC1CC1(NC(=O)C1CC2CN1C(=O)C(C(C)(C)C)NC(=O)OC1CCCC1OCC=CC(F)(F)c1nc3ccccc3nc1O2)C(=O)NS(=O)(=O)C1(C)CC1. The van der Waals surface area contributed by atoms with E-state index in [1.165, 1.54) is 11.0 Å². The van der Waals surface area contributed by atoms with Crippen LogP contribution in [0.3, 0.4) is 0 Å². The molecule has 1 saturated heterocycles. The Kier molecular flexibility index (Phi) is 10.5. The van der Waals surface area contributed by atoms with E-state index in [1.807, 2.05) is 6.92 Å². The van der Waals surface area contributed by atoms with Crippen molar-refractivity contribution in [2.24, 2.45) is 11.3 Å². The van der Waals surface area contributed by atoms with Gasteiger partial charge in [0.1, 0.15) is 29.8 Å². The lowest BCUT2D eigenvalue weighted by molar-refractivity contribution is -0.143. The molecule has 0 radical (unpaired) electrons. The van der Waals surface area contributed by atoms with Gasteiger partial charge in [-0.1, -0.05) is 52.3 Å². The number of carbonyl (C=O) groups excluding carboxylic acids is 4. The molecule has 7 unspecified atom stereocenters. The minimum Gasteiger partial charge on any atom is -0.471 e. The number of amides is 4. The topological polar surface area (TPSA) is 195 Å². The number of carbonyl (C=O) groups is 4. The van der Waals surface area contributed by atoms with Crippen molar-refractivity contribution < 1.29 is 50.6 Å². The predicted octanol–water partition coefficient (Wildman–Crippen LogP) is 4.00. The van der Waals surface area contributed by atoms with Crippen molar-refractivity contribution >= 4 is 44.9 Å². The molecule has 7 atom stereocenters. The van der Waals surface area contributed by atoms with Crippen molar-refractivity contribution in [3.63, 3.8) is 0 Å². The summed E-state index contributed by atoms with van der Waals surface area (Å²) >= 11 is 0. The standard InChI is InChI=1S/C39H50F2N6O9S/c1-6-22-20-38(22,34(50)46-57(52,53)37(5)16-17-37)45-31(48)26-19-23-21-47(26)33(49)30(36(2,3)4)44-35(51)56-28-14-9-13-27(28)54-18-10-15-39(40,41)29-32(55-23)43-25-12-8-7-11-24(25)42-29/h7-8,10-12,15,22-23,26-28,30H,6,9,13-14,16-21H2,1-5H3,(H,44,51)(H,45,48)(H,46,50). The molecule has 310 valence electrons. The summed E-state index contributed by atoms with van der Waals surface area (Å²) in [6.45, 7) is 8.03. The number of nitrogens with one attached hydrogen (secondary N) is 3. The number of halogens is 2. The fourth-order valence-electron chi connectivity index (χ4n) is 7.99. The molecular weight excluding hydrogens is 767 g/mol. The molecular formula is C39H50F2N6O9S. The molecule has 4 fully saturated rings. The molecule has 3 N–H and O–H groups in total. The van der Waals surface area contributed by atoms with E-state index in [4.69, 9.17) is 14.2 Å². The number of allylic oxidation sites excluding steroid dienone is 1. The summed E-state index contributed by atoms with van der Waals surface area (Å²) in [5.74, 6) is -6.92. The number of alkyl carbamates (subject to hydrolysis) is 1. The zero-order chi connectivity index (χ0) is 41.1. The Morgan fingerprint density at radius 2 is 1.74 bits per heavy atom. The number of sulfonamides is 1. The molecule has 4 amide bonds. The van der Waals surface area contributed by atoms with E-state index in [-0.39, 0.29) is 37.0 Å². The lowest BCUT2D eigenvalue weighted by Gasteiger charge is -2.35. The van der Waals surface area contributed by atoms with E-state index in [1.54, 1.807) is 45.9 Å². The number of fused-ring (bicyclic) bond motifs is 5. The maximum Gasteiger partial charge on any atom is 0.408 e. The van der Waals surface area contributed by atoms with Crippen LogP contribution in [0.25, 0.3) is 11.0 Å². The Balaban J connectivity index is 1.25. The average Bonchev–Trinajstić information content (AvgIpc) is 3.96. The molecule has 5 aliphatic rings. The second-order valence-electron chi connectivity index (χ2n) is 17.2. The van der Waals surface area contributed by atoms with Crippen molar-refractivity contribution in [1.82, 2.24) is 30.2 Å². The molecule has 2 bridgehead atoms. The van der Waals surface area contributed by atoms with E-state index in [0.717, 1.165) is 6.08 Å². The van der Waals surface area contributed by atoms with Crippen LogP contribution >= 0.6 is 0 Å². The van der Waals surface area contributed by atoms with Gasteiger partial charge in [-0.3, -0.25) is 19.1 Å². The zero-order valence-corrected chi connectivity index (χ0v) is 33.5. The average molecular weight is 817 g/mol. The van der Waals surface area contributed by atoms with Crippen LogP contribution in [0.4, 0.5) is 13.6 Å². The minimum absolute atomic E-state index is 0.163. The summed E-state index contributed by atoms with van der Waals surface area (Å²) in [5, 5.41) is 5.49. The summed E-state index contributed by atoms with van der Waals surface area (Å²) in [6.07, 6.45) is 1.36. The highest BCUT2D eigenvalue weighted by atomic mass is 32.2. The monoisotopic (exact) mass is 816 g/mol. The first-order valence-corrected chi connectivity index (χ1v) is 21.0. The first-order chi connectivity index (χ1) is 26.8. The van der Waals surface area contributed by atoms with Gasteiger partial charge in [0.15, 0.2) is 5.69 Å². The molecule has 15 nitrogen and oxygen atoms in total. The quantitative estimate of drug-likeness (QED) is 0.357. The van der Waals surface area contributed by atoms with Gasteiger partial charge < -0.3 is 29.7 Å². The zero-order valence-electron chi connectivity index (χ0n) is 32.7. The molecule has 57 heavy (non-hydrogen) atoms. The van der Waals surface area contributed by atoms with Crippen molar-refractivity contribution in [3.8, 4) is 5.88 Å². The summed E-state index contributed by atoms with van der Waals surface area (Å²) in [5.41, 5.74) is -2.81. The van der Waals surface area contributed by atoms with Gasteiger partial charge in [-0.2, -0.15) is 8.78 Å². The maximum atomic E-state index is 16.1. The van der Waals surface area contributed by atoms with Crippen LogP contribution < -0.4 is 20.1 Å². The molecule has 7 rings (SSSR count). The second kappa shape index (κ2) is 14.7. The summed E-state index contributed by atoms with van der Waals surface area (Å²) < 4.78 is 77.2. The second-order valence-corrected chi connectivity index (χ2v) is 19.4. The third-order valence-electron chi connectivity index (χ3n) is 11.9. The van der Waals surface area contributed by atoms with Crippen molar-refractivity contribution in [3.05, 3.63) is 42.1 Å². The van der Waals surface area contributed by atoms with Gasteiger partial charge in [0.25, 0.3) is 5.91 Å². The number of para-hydroxylation sites is 2. The molecule has 1 aromatic heterocycles. The van der Waals surface area contributed by atoms with Crippen LogP contribution in [0.15, 0.2) is 36.4 Å². The van der Waals surface area contributed by atoms with Crippen molar-refractivity contribution in [2.45, 2.75) is 133 Å². The third kappa shape index (κ3) is 8.03. The number of benzene rings is 1. The Morgan fingerprint density at radius 3 is 2.39 bits per heavy atom. The molecule has 18 heteroatoms. The first-order valence-electron chi connectivity index (χ1n) is 19.5. The summed E-state index contributed by atoms with van der Waals surface area (Å²) in [7, 11) is -4.04. The molecule has 3 saturated carbocycles. The lowest BCUT2D eigenvalue weighted by Crippen LogP contribution is -2.60. The Bertz CT molecular complexity index is 2090. The number of nitrogens with zero attached hydrogens (tertiary/aromatic N) is 3. The molecule has 0 spiro atoms. The fourth-order valence-corrected chi connectivity index (χ4v) is 9.30. The number of hydrogen-bond acceptors (Lipinski definition) is 11. The molecule has 3 heterocycles. The molecule has 1 aromatic carbocycles. The van der Waals surface area contributed by atoms with E-state index < -0.39 is 103 Å².